The fraction of sp³-hybridized carbons (Fsp3) is 0.625. The monoisotopic (exact) mass is 213 g/mol. The second-order valence-electron chi connectivity index (χ2n) is 3.44. The molecule has 0 aromatic carbocycles. The van der Waals surface area contributed by atoms with Gasteiger partial charge >= 0.3 is 5.69 Å². The molecule has 0 amide bonds. The topological polar surface area (TPSA) is 93.9 Å². The third-order valence-corrected chi connectivity index (χ3v) is 1.79. The molecule has 0 radical (unpaired) electrons. The Hall–Kier alpha value is -1.63. The minimum Gasteiger partial charge on any atom is -0.364 e. The van der Waals surface area contributed by atoms with E-state index in [2.05, 4.69) is 20.5 Å². The zero-order valence-corrected chi connectivity index (χ0v) is 8.83. The summed E-state index contributed by atoms with van der Waals surface area (Å²) in [5, 5.41) is 8.59. The average molecular weight is 213 g/mol. The number of aromatic nitrogens is 3. The molecular formula is C8H15N5O2. The predicted molar refractivity (Wildman–Crippen MR) is 57.1 cm³/mol. The van der Waals surface area contributed by atoms with Crippen LogP contribution in [-0.2, 0) is 0 Å². The van der Waals surface area contributed by atoms with Crippen LogP contribution in [0.25, 0.3) is 0 Å². The van der Waals surface area contributed by atoms with Gasteiger partial charge in [-0.25, -0.2) is 9.89 Å². The second kappa shape index (κ2) is 5.30. The molecular weight excluding hydrogens is 198 g/mol. The van der Waals surface area contributed by atoms with Crippen LogP contribution < -0.4 is 16.6 Å². The molecule has 0 fully saturated rings. The van der Waals surface area contributed by atoms with E-state index in [4.69, 9.17) is 0 Å². The summed E-state index contributed by atoms with van der Waals surface area (Å²) in [6, 6.07) is 0. The van der Waals surface area contributed by atoms with Gasteiger partial charge in [0.1, 0.15) is 0 Å². The average Bonchev–Trinajstić information content (AvgIpc) is 2.14. The minimum absolute atomic E-state index is 0.147. The summed E-state index contributed by atoms with van der Waals surface area (Å²) < 4.78 is 0. The van der Waals surface area contributed by atoms with Crippen molar-refractivity contribution in [3.8, 4) is 0 Å². The van der Waals surface area contributed by atoms with E-state index in [1.165, 1.54) is 0 Å². The molecule has 1 heterocycles. The van der Waals surface area contributed by atoms with Crippen molar-refractivity contribution >= 4 is 5.82 Å². The van der Waals surface area contributed by atoms with Crippen molar-refractivity contribution in [3.05, 3.63) is 20.8 Å². The number of nitrogens with one attached hydrogen (secondary N) is 3. The summed E-state index contributed by atoms with van der Waals surface area (Å²) in [5.41, 5.74) is -1.09. The zero-order valence-electron chi connectivity index (χ0n) is 8.83. The molecule has 0 atom stereocenters. The fourth-order valence-corrected chi connectivity index (χ4v) is 1.07. The highest BCUT2D eigenvalue weighted by molar-refractivity contribution is 5.28. The lowest BCUT2D eigenvalue weighted by atomic mass is 10.4. The summed E-state index contributed by atoms with van der Waals surface area (Å²) >= 11 is 0. The molecule has 0 unspecified atom stereocenters. The number of aromatic amines is 2. The van der Waals surface area contributed by atoms with Gasteiger partial charge in [0, 0.05) is 6.54 Å². The standard InChI is InChI=1S/C8H15N5O2/c1-13(2)5-3-4-9-6-7(14)10-8(15)12-11-6/h3-5H2,1-2H3,(H,9,11)(H2,10,12,14,15). The Labute approximate surface area is 86.5 Å². The first-order valence-corrected chi connectivity index (χ1v) is 4.67. The van der Waals surface area contributed by atoms with Gasteiger partial charge in [-0.1, -0.05) is 0 Å². The van der Waals surface area contributed by atoms with Crippen LogP contribution in [0.3, 0.4) is 0 Å². The van der Waals surface area contributed by atoms with Gasteiger partial charge in [-0.2, -0.15) is 0 Å². The maximum Gasteiger partial charge on any atom is 0.342 e. The van der Waals surface area contributed by atoms with Gasteiger partial charge in [-0.15, -0.1) is 5.10 Å². The fourth-order valence-electron chi connectivity index (χ4n) is 1.07. The Morgan fingerprint density at radius 1 is 1.40 bits per heavy atom. The largest absolute Gasteiger partial charge is 0.364 e. The molecule has 0 aliphatic rings. The van der Waals surface area contributed by atoms with Crippen LogP contribution >= 0.6 is 0 Å². The van der Waals surface area contributed by atoms with E-state index in [0.717, 1.165) is 13.0 Å². The van der Waals surface area contributed by atoms with E-state index in [1.54, 1.807) is 0 Å². The number of rotatable bonds is 5. The second-order valence-corrected chi connectivity index (χ2v) is 3.44. The van der Waals surface area contributed by atoms with Crippen molar-refractivity contribution < 1.29 is 0 Å². The number of hydrogen-bond donors (Lipinski definition) is 3. The highest BCUT2D eigenvalue weighted by Gasteiger charge is 2.00. The molecule has 15 heavy (non-hydrogen) atoms. The maximum absolute atomic E-state index is 11.2. The first-order valence-electron chi connectivity index (χ1n) is 4.67. The Bertz CT molecular complexity index is 408. The number of anilines is 1. The summed E-state index contributed by atoms with van der Waals surface area (Å²) in [7, 11) is 3.95. The number of hydrogen-bond acceptors (Lipinski definition) is 5. The third-order valence-electron chi connectivity index (χ3n) is 1.79. The molecule has 1 aromatic heterocycles. The summed E-state index contributed by atoms with van der Waals surface area (Å²) in [6.07, 6.45) is 0.896. The third kappa shape index (κ3) is 3.94. The van der Waals surface area contributed by atoms with Crippen LogP contribution in [0.1, 0.15) is 6.42 Å². The molecule has 0 bridgehead atoms. The minimum atomic E-state index is -0.598. The first kappa shape index (κ1) is 11.4. The van der Waals surface area contributed by atoms with Gasteiger partial charge in [0.25, 0.3) is 5.56 Å². The molecule has 3 N–H and O–H groups in total. The molecule has 1 rings (SSSR count). The van der Waals surface area contributed by atoms with E-state index in [0.29, 0.717) is 6.54 Å². The van der Waals surface area contributed by atoms with Crippen molar-refractivity contribution in [1.82, 2.24) is 20.1 Å². The SMILES string of the molecule is CN(C)CCCNc1n[nH]c(=O)[nH]c1=O. The smallest absolute Gasteiger partial charge is 0.342 e. The zero-order chi connectivity index (χ0) is 11.3. The van der Waals surface area contributed by atoms with Crippen molar-refractivity contribution in [2.24, 2.45) is 0 Å². The van der Waals surface area contributed by atoms with Crippen LogP contribution in [-0.4, -0.2) is 47.3 Å². The maximum atomic E-state index is 11.2. The van der Waals surface area contributed by atoms with E-state index in [9.17, 15) is 9.59 Å². The molecule has 0 saturated carbocycles. The normalized spacial score (nSPS) is 10.6. The van der Waals surface area contributed by atoms with Crippen molar-refractivity contribution in [2.75, 3.05) is 32.5 Å². The Kier molecular flexibility index (Phi) is 4.04. The van der Waals surface area contributed by atoms with Gasteiger partial charge in [0.2, 0.25) is 5.82 Å². The van der Waals surface area contributed by atoms with Crippen LogP contribution in [0, 0.1) is 0 Å². The lowest BCUT2D eigenvalue weighted by molar-refractivity contribution is 0.405. The van der Waals surface area contributed by atoms with Crippen LogP contribution in [0.15, 0.2) is 9.59 Å². The molecule has 84 valence electrons. The van der Waals surface area contributed by atoms with Gasteiger partial charge < -0.3 is 10.2 Å². The lowest BCUT2D eigenvalue weighted by Crippen LogP contribution is -2.27. The first-order chi connectivity index (χ1) is 7.09. The lowest BCUT2D eigenvalue weighted by Gasteiger charge is -2.09. The predicted octanol–water partition coefficient (Wildman–Crippen LogP) is -1.18. The molecule has 0 saturated heterocycles. The highest BCUT2D eigenvalue weighted by Crippen LogP contribution is 1.88. The van der Waals surface area contributed by atoms with Gasteiger partial charge in [0.15, 0.2) is 0 Å². The van der Waals surface area contributed by atoms with E-state index >= 15 is 0 Å². The molecule has 0 spiro atoms. The van der Waals surface area contributed by atoms with Crippen LogP contribution in [0.2, 0.25) is 0 Å². The van der Waals surface area contributed by atoms with Crippen molar-refractivity contribution in [1.29, 1.82) is 0 Å². The molecule has 1 aromatic rings. The molecule has 7 heteroatoms. The van der Waals surface area contributed by atoms with Gasteiger partial charge in [-0.3, -0.25) is 9.78 Å². The Morgan fingerprint density at radius 2 is 2.13 bits per heavy atom. The summed E-state index contributed by atoms with van der Waals surface area (Å²) in [4.78, 5) is 25.9. The summed E-state index contributed by atoms with van der Waals surface area (Å²) in [6.45, 7) is 1.56. The van der Waals surface area contributed by atoms with Crippen molar-refractivity contribution in [3.63, 3.8) is 0 Å². The van der Waals surface area contributed by atoms with E-state index < -0.39 is 11.2 Å². The number of H-pyrrole nitrogens is 2. The Balaban J connectivity index is 2.45. The Morgan fingerprint density at radius 3 is 2.73 bits per heavy atom. The van der Waals surface area contributed by atoms with E-state index in [-0.39, 0.29) is 5.82 Å². The molecule has 7 nitrogen and oxygen atoms in total. The van der Waals surface area contributed by atoms with Crippen LogP contribution in [0.5, 0.6) is 0 Å². The van der Waals surface area contributed by atoms with Gasteiger partial charge in [-0.05, 0) is 27.1 Å². The quantitative estimate of drug-likeness (QED) is 0.535. The highest BCUT2D eigenvalue weighted by atomic mass is 16.2. The molecule has 0 aliphatic heterocycles. The summed E-state index contributed by atoms with van der Waals surface area (Å²) in [5.74, 6) is 0.147. The van der Waals surface area contributed by atoms with Crippen molar-refractivity contribution in [2.45, 2.75) is 6.42 Å². The van der Waals surface area contributed by atoms with Crippen LogP contribution in [0.4, 0.5) is 5.82 Å². The van der Waals surface area contributed by atoms with E-state index in [1.807, 2.05) is 19.0 Å². The van der Waals surface area contributed by atoms with Gasteiger partial charge in [0.05, 0.1) is 0 Å². The molecule has 0 aliphatic carbocycles. The number of nitrogens with zero attached hydrogens (tertiary/aromatic N) is 2.